The van der Waals surface area contributed by atoms with Crippen LogP contribution in [0.3, 0.4) is 0 Å². The van der Waals surface area contributed by atoms with Crippen LogP contribution in [0.1, 0.15) is 21.5 Å². The number of carbonyl (C=O) groups excluding carboxylic acids is 1. The maximum atomic E-state index is 12.5. The van der Waals surface area contributed by atoms with Crippen molar-refractivity contribution >= 4 is 5.97 Å². The van der Waals surface area contributed by atoms with E-state index in [2.05, 4.69) is 4.74 Å². The minimum absolute atomic E-state index is 0.0937. The Morgan fingerprint density at radius 3 is 2.00 bits per heavy atom. The zero-order valence-corrected chi connectivity index (χ0v) is 9.19. The van der Waals surface area contributed by atoms with Gasteiger partial charge in [0.15, 0.2) is 0 Å². The summed E-state index contributed by atoms with van der Waals surface area (Å²) in [5, 5.41) is 9.23. The molecule has 1 aromatic carbocycles. The Labute approximate surface area is 102 Å². The highest BCUT2D eigenvalue weighted by Crippen LogP contribution is 2.42. The van der Waals surface area contributed by atoms with E-state index in [1.54, 1.807) is 0 Å². The summed E-state index contributed by atoms with van der Waals surface area (Å²) in [5.74, 6) is -3.11. The summed E-state index contributed by atoms with van der Waals surface area (Å²) in [4.78, 5) is 11.1. The lowest BCUT2D eigenvalue weighted by molar-refractivity contribution is -0.143. The van der Waals surface area contributed by atoms with Crippen molar-refractivity contribution in [1.82, 2.24) is 0 Å². The van der Waals surface area contributed by atoms with Gasteiger partial charge in [-0.05, 0) is 12.1 Å². The third-order valence-corrected chi connectivity index (χ3v) is 2.15. The second-order valence-electron chi connectivity index (χ2n) is 3.41. The number of rotatable bonds is 1. The second-order valence-corrected chi connectivity index (χ2v) is 3.41. The van der Waals surface area contributed by atoms with Crippen LogP contribution in [0.2, 0.25) is 0 Å². The third-order valence-electron chi connectivity index (χ3n) is 2.15. The highest BCUT2D eigenvalue weighted by Gasteiger charge is 2.40. The van der Waals surface area contributed by atoms with Crippen molar-refractivity contribution in [3.8, 4) is 5.75 Å². The van der Waals surface area contributed by atoms with Crippen molar-refractivity contribution in [2.24, 2.45) is 0 Å². The number of phenols is 1. The molecule has 0 saturated heterocycles. The van der Waals surface area contributed by atoms with Gasteiger partial charge >= 0.3 is 18.3 Å². The molecule has 106 valence electrons. The molecule has 0 aliphatic rings. The molecule has 0 aliphatic carbocycles. The van der Waals surface area contributed by atoms with Gasteiger partial charge in [0, 0.05) is 0 Å². The predicted molar refractivity (Wildman–Crippen MR) is 49.5 cm³/mol. The molecule has 0 atom stereocenters. The number of halogens is 6. The number of esters is 1. The summed E-state index contributed by atoms with van der Waals surface area (Å²) in [5.41, 5.74) is -4.87. The van der Waals surface area contributed by atoms with Crippen molar-refractivity contribution in [1.29, 1.82) is 0 Å². The molecule has 0 aliphatic heterocycles. The molecule has 1 N–H and O–H groups in total. The Bertz CT molecular complexity index is 503. The molecule has 0 unspecified atom stereocenters. The van der Waals surface area contributed by atoms with Crippen LogP contribution in [0, 0.1) is 0 Å². The van der Waals surface area contributed by atoms with Gasteiger partial charge in [-0.1, -0.05) is 0 Å². The van der Waals surface area contributed by atoms with E-state index < -0.39 is 40.8 Å². The lowest BCUT2D eigenvalue weighted by Gasteiger charge is -2.15. The number of hydrogen-bond acceptors (Lipinski definition) is 3. The number of ether oxygens (including phenoxy) is 1. The fraction of sp³-hybridized carbons (Fsp3) is 0.300. The van der Waals surface area contributed by atoms with Gasteiger partial charge < -0.3 is 9.84 Å². The number of hydrogen-bond donors (Lipinski definition) is 1. The molecule has 0 aromatic heterocycles. The van der Waals surface area contributed by atoms with Crippen molar-refractivity contribution in [3.05, 3.63) is 28.8 Å². The van der Waals surface area contributed by atoms with Crippen molar-refractivity contribution < 1.29 is 41.0 Å². The van der Waals surface area contributed by atoms with Crippen LogP contribution in [0.5, 0.6) is 5.75 Å². The predicted octanol–water partition coefficient (Wildman–Crippen LogP) is 3.22. The quantitative estimate of drug-likeness (QED) is 0.637. The van der Waals surface area contributed by atoms with Gasteiger partial charge in [0.2, 0.25) is 0 Å². The lowest BCUT2D eigenvalue weighted by Crippen LogP contribution is -2.14. The molecule has 0 fully saturated rings. The molecule has 9 heteroatoms. The molecule has 19 heavy (non-hydrogen) atoms. The van der Waals surface area contributed by atoms with E-state index in [0.29, 0.717) is 0 Å². The topological polar surface area (TPSA) is 46.5 Å². The maximum absolute atomic E-state index is 12.5. The summed E-state index contributed by atoms with van der Waals surface area (Å²) in [6.07, 6.45) is -10.3. The highest BCUT2D eigenvalue weighted by molar-refractivity contribution is 5.93. The first-order valence-electron chi connectivity index (χ1n) is 4.58. The molecule has 3 nitrogen and oxygen atoms in total. The lowest BCUT2D eigenvalue weighted by atomic mass is 10.0. The summed E-state index contributed by atoms with van der Waals surface area (Å²) < 4.78 is 78.8. The molecule has 0 radical (unpaired) electrons. The Morgan fingerprint density at radius 2 is 1.63 bits per heavy atom. The van der Waals surface area contributed by atoms with Crippen LogP contribution in [0.15, 0.2) is 12.1 Å². The van der Waals surface area contributed by atoms with Gasteiger partial charge in [-0.3, -0.25) is 0 Å². The van der Waals surface area contributed by atoms with Crippen molar-refractivity contribution in [2.75, 3.05) is 7.11 Å². The fourth-order valence-electron chi connectivity index (χ4n) is 1.28. The Balaban J connectivity index is 3.62. The summed E-state index contributed by atoms with van der Waals surface area (Å²) in [7, 11) is 0.759. The van der Waals surface area contributed by atoms with Gasteiger partial charge in [0.1, 0.15) is 11.3 Å². The van der Waals surface area contributed by atoms with Crippen LogP contribution in [-0.4, -0.2) is 18.2 Å². The normalized spacial score (nSPS) is 12.4. The first kappa shape index (κ1) is 15.1. The van der Waals surface area contributed by atoms with Crippen LogP contribution in [0.25, 0.3) is 0 Å². The minimum atomic E-state index is -5.24. The van der Waals surface area contributed by atoms with Crippen LogP contribution >= 0.6 is 0 Å². The monoisotopic (exact) mass is 288 g/mol. The van der Waals surface area contributed by atoms with Gasteiger partial charge in [-0.25, -0.2) is 4.79 Å². The first-order chi connectivity index (χ1) is 8.48. The van der Waals surface area contributed by atoms with Crippen LogP contribution < -0.4 is 0 Å². The van der Waals surface area contributed by atoms with E-state index >= 15 is 0 Å². The van der Waals surface area contributed by atoms with E-state index in [1.165, 1.54) is 0 Å². The summed E-state index contributed by atoms with van der Waals surface area (Å²) in [6, 6.07) is -0.182. The molecule has 1 rings (SSSR count). The van der Waals surface area contributed by atoms with Crippen LogP contribution in [0.4, 0.5) is 26.3 Å². The second kappa shape index (κ2) is 4.63. The smallest absolute Gasteiger partial charge is 0.419 e. The number of aromatic hydroxyl groups is 1. The highest BCUT2D eigenvalue weighted by atomic mass is 19.4. The van der Waals surface area contributed by atoms with Gasteiger partial charge in [0.05, 0.1) is 18.2 Å². The molecule has 0 spiro atoms. The fourth-order valence-corrected chi connectivity index (χ4v) is 1.28. The minimum Gasteiger partial charge on any atom is -0.506 e. The Hall–Kier alpha value is -1.93. The molecule has 0 amide bonds. The summed E-state index contributed by atoms with van der Waals surface area (Å²) in [6.45, 7) is 0. The van der Waals surface area contributed by atoms with Crippen molar-refractivity contribution in [2.45, 2.75) is 12.4 Å². The molecule has 1 aromatic rings. The first-order valence-corrected chi connectivity index (χ1v) is 4.58. The molecule has 0 heterocycles. The number of phenolic OH excluding ortho intramolecular Hbond substituents is 1. The van der Waals surface area contributed by atoms with E-state index in [-0.39, 0.29) is 12.1 Å². The average Bonchev–Trinajstić information content (AvgIpc) is 2.25. The Morgan fingerprint density at radius 1 is 1.11 bits per heavy atom. The third kappa shape index (κ3) is 3.09. The molecule has 0 bridgehead atoms. The van der Waals surface area contributed by atoms with Crippen molar-refractivity contribution in [3.63, 3.8) is 0 Å². The number of alkyl halides is 6. The number of carbonyl (C=O) groups is 1. The van der Waals surface area contributed by atoms with E-state index in [0.717, 1.165) is 7.11 Å². The maximum Gasteiger partial charge on any atom is 0.419 e. The largest absolute Gasteiger partial charge is 0.506 e. The zero-order chi connectivity index (χ0) is 15.0. The van der Waals surface area contributed by atoms with Gasteiger partial charge in [-0.15, -0.1) is 0 Å². The van der Waals surface area contributed by atoms with E-state index in [1.807, 2.05) is 0 Å². The standard InChI is InChI=1S/C10H6F6O3/c1-19-8(18)5-2-4(9(11,12)13)3-6(7(5)17)10(14,15)16/h2-3,17H,1H3. The zero-order valence-electron chi connectivity index (χ0n) is 9.19. The van der Waals surface area contributed by atoms with Gasteiger partial charge in [0.25, 0.3) is 0 Å². The van der Waals surface area contributed by atoms with Gasteiger partial charge in [-0.2, -0.15) is 26.3 Å². The summed E-state index contributed by atoms with van der Waals surface area (Å²) >= 11 is 0. The molecule has 0 saturated carbocycles. The number of benzene rings is 1. The number of methoxy groups -OCH3 is 1. The Kier molecular flexibility index (Phi) is 3.69. The van der Waals surface area contributed by atoms with Crippen LogP contribution in [-0.2, 0) is 17.1 Å². The average molecular weight is 288 g/mol. The molecular weight excluding hydrogens is 282 g/mol. The van der Waals surface area contributed by atoms with E-state index in [4.69, 9.17) is 0 Å². The SMILES string of the molecule is COC(=O)c1cc(C(F)(F)F)cc(C(F)(F)F)c1O. The van der Waals surface area contributed by atoms with E-state index in [9.17, 15) is 36.2 Å². The molecular formula is C10H6F6O3.